The average molecular weight is 434 g/mol. The summed E-state index contributed by atoms with van der Waals surface area (Å²) in [6.07, 6.45) is 3.57. The lowest BCUT2D eigenvalue weighted by Gasteiger charge is -2.31. The van der Waals surface area contributed by atoms with Crippen LogP contribution < -0.4 is 5.56 Å². The summed E-state index contributed by atoms with van der Waals surface area (Å²) in [5, 5.41) is 21.2. The summed E-state index contributed by atoms with van der Waals surface area (Å²) in [5.41, 5.74) is 3.00. The van der Waals surface area contributed by atoms with E-state index in [2.05, 4.69) is 6.07 Å². The standard InChI is InChI=1S/C25H26N2O5/c1-2-25(31)19-12-21-22-17(13-27(21)23(29)18(19)14-32-24(25)30)15(8-4-3-7-11-28)16-9-5-6-10-20(16)26-22/h5-6,9-10,12,28,31H,2-4,7-8,11,13-14H2,1H3/t25-/m0/s1. The minimum Gasteiger partial charge on any atom is -0.458 e. The second kappa shape index (κ2) is 7.83. The van der Waals surface area contributed by atoms with Gasteiger partial charge in [-0.1, -0.05) is 31.5 Å². The summed E-state index contributed by atoms with van der Waals surface area (Å²) < 4.78 is 6.84. The molecule has 0 spiro atoms. The van der Waals surface area contributed by atoms with Gasteiger partial charge in [0.05, 0.1) is 29.0 Å². The van der Waals surface area contributed by atoms with Gasteiger partial charge in [-0.15, -0.1) is 0 Å². The van der Waals surface area contributed by atoms with Gasteiger partial charge in [-0.2, -0.15) is 0 Å². The number of unbranched alkanes of at least 4 members (excludes halogenated alkanes) is 2. The van der Waals surface area contributed by atoms with Crippen molar-refractivity contribution in [3.8, 4) is 11.4 Å². The average Bonchev–Trinajstić information content (AvgIpc) is 3.17. The Bertz CT molecular complexity index is 1300. The first-order valence-corrected chi connectivity index (χ1v) is 11.2. The quantitative estimate of drug-likeness (QED) is 0.357. The van der Waals surface area contributed by atoms with Crippen LogP contribution in [-0.4, -0.2) is 32.3 Å². The van der Waals surface area contributed by atoms with Crippen molar-refractivity contribution in [3.05, 3.63) is 62.9 Å². The lowest BCUT2D eigenvalue weighted by atomic mass is 9.86. The number of carbonyl (C=O) groups is 1. The summed E-state index contributed by atoms with van der Waals surface area (Å²) in [5.74, 6) is -0.717. The zero-order chi connectivity index (χ0) is 22.5. The lowest BCUT2D eigenvalue weighted by Crippen LogP contribution is -2.44. The van der Waals surface area contributed by atoms with Gasteiger partial charge in [-0.25, -0.2) is 9.78 Å². The molecule has 4 heterocycles. The fourth-order valence-corrected chi connectivity index (χ4v) is 4.99. The first-order chi connectivity index (χ1) is 15.5. The summed E-state index contributed by atoms with van der Waals surface area (Å²) >= 11 is 0. The zero-order valence-electron chi connectivity index (χ0n) is 18.1. The van der Waals surface area contributed by atoms with Crippen molar-refractivity contribution in [3.63, 3.8) is 0 Å². The molecule has 2 aliphatic rings. The fraction of sp³-hybridized carbons (Fsp3) is 0.400. The third kappa shape index (κ3) is 2.99. The molecule has 2 aliphatic heterocycles. The molecule has 0 aliphatic carbocycles. The molecular weight excluding hydrogens is 408 g/mol. The van der Waals surface area contributed by atoms with E-state index in [9.17, 15) is 14.7 Å². The molecule has 0 saturated heterocycles. The van der Waals surface area contributed by atoms with Gasteiger partial charge in [0, 0.05) is 23.1 Å². The van der Waals surface area contributed by atoms with Crippen LogP contribution in [0.5, 0.6) is 0 Å². The van der Waals surface area contributed by atoms with Crippen molar-refractivity contribution in [1.82, 2.24) is 9.55 Å². The molecule has 2 N–H and O–H groups in total. The van der Waals surface area contributed by atoms with Crippen molar-refractivity contribution in [2.45, 2.75) is 57.8 Å². The number of benzene rings is 1. The van der Waals surface area contributed by atoms with E-state index < -0.39 is 11.6 Å². The highest BCUT2D eigenvalue weighted by Crippen LogP contribution is 2.40. The number of para-hydroxylation sites is 1. The smallest absolute Gasteiger partial charge is 0.343 e. The molecule has 0 bridgehead atoms. The highest BCUT2D eigenvalue weighted by Gasteiger charge is 2.45. The Morgan fingerprint density at radius 2 is 1.97 bits per heavy atom. The Morgan fingerprint density at radius 3 is 2.75 bits per heavy atom. The molecule has 32 heavy (non-hydrogen) atoms. The molecule has 7 nitrogen and oxygen atoms in total. The molecule has 1 atom stereocenters. The Balaban J connectivity index is 1.71. The van der Waals surface area contributed by atoms with E-state index in [0.29, 0.717) is 23.4 Å². The highest BCUT2D eigenvalue weighted by atomic mass is 16.6. The van der Waals surface area contributed by atoms with E-state index in [1.807, 2.05) is 18.2 Å². The van der Waals surface area contributed by atoms with Gasteiger partial charge < -0.3 is 19.5 Å². The van der Waals surface area contributed by atoms with Crippen molar-refractivity contribution >= 4 is 16.9 Å². The number of aryl methyl sites for hydroxylation is 1. The monoisotopic (exact) mass is 434 g/mol. The van der Waals surface area contributed by atoms with Gasteiger partial charge in [0.1, 0.15) is 6.61 Å². The second-order valence-corrected chi connectivity index (χ2v) is 8.57. The molecule has 3 aromatic rings. The van der Waals surface area contributed by atoms with Crippen LogP contribution >= 0.6 is 0 Å². The third-order valence-electron chi connectivity index (χ3n) is 6.80. The Kier molecular flexibility index (Phi) is 5.10. The number of hydrogen-bond donors (Lipinski definition) is 2. The predicted octanol–water partition coefficient (Wildman–Crippen LogP) is 2.78. The normalized spacial score (nSPS) is 18.9. The summed E-state index contributed by atoms with van der Waals surface area (Å²) in [7, 11) is 0. The van der Waals surface area contributed by atoms with Crippen LogP contribution in [-0.2, 0) is 34.7 Å². The van der Waals surface area contributed by atoms with Crippen LogP contribution in [0.2, 0.25) is 0 Å². The number of aromatic nitrogens is 2. The number of hydrogen-bond acceptors (Lipinski definition) is 6. The van der Waals surface area contributed by atoms with Gasteiger partial charge in [0.25, 0.3) is 5.56 Å². The van der Waals surface area contributed by atoms with Crippen LogP contribution in [0.1, 0.15) is 54.9 Å². The summed E-state index contributed by atoms with van der Waals surface area (Å²) in [6.45, 7) is 2.16. The van der Waals surface area contributed by atoms with Gasteiger partial charge in [-0.3, -0.25) is 4.79 Å². The van der Waals surface area contributed by atoms with Crippen LogP contribution in [0.15, 0.2) is 35.1 Å². The summed E-state index contributed by atoms with van der Waals surface area (Å²) in [6, 6.07) is 9.71. The van der Waals surface area contributed by atoms with E-state index in [0.717, 1.165) is 47.8 Å². The maximum atomic E-state index is 13.4. The number of ether oxygens (including phenoxy) is 1. The maximum Gasteiger partial charge on any atom is 0.343 e. The number of esters is 1. The Morgan fingerprint density at radius 1 is 1.16 bits per heavy atom. The first-order valence-electron chi connectivity index (χ1n) is 11.2. The lowest BCUT2D eigenvalue weighted by molar-refractivity contribution is -0.172. The number of pyridine rings is 2. The molecule has 0 radical (unpaired) electrons. The van der Waals surface area contributed by atoms with E-state index in [4.69, 9.17) is 14.8 Å². The molecule has 0 fully saturated rings. The van der Waals surface area contributed by atoms with Crippen LogP contribution in [0.25, 0.3) is 22.3 Å². The van der Waals surface area contributed by atoms with Gasteiger partial charge in [0.2, 0.25) is 0 Å². The van der Waals surface area contributed by atoms with E-state index in [-0.39, 0.29) is 25.2 Å². The molecular formula is C25H26N2O5. The number of nitrogens with zero attached hydrogens (tertiary/aromatic N) is 2. The molecule has 166 valence electrons. The fourth-order valence-electron chi connectivity index (χ4n) is 4.99. The third-order valence-corrected chi connectivity index (χ3v) is 6.80. The number of fused-ring (bicyclic) bond motifs is 5. The van der Waals surface area contributed by atoms with Crippen molar-refractivity contribution in [1.29, 1.82) is 0 Å². The maximum absolute atomic E-state index is 13.4. The topological polar surface area (TPSA) is 102 Å². The summed E-state index contributed by atoms with van der Waals surface area (Å²) in [4.78, 5) is 30.6. The minimum absolute atomic E-state index is 0.121. The number of cyclic esters (lactones) is 1. The molecule has 7 heteroatoms. The molecule has 0 unspecified atom stereocenters. The van der Waals surface area contributed by atoms with E-state index >= 15 is 0 Å². The van der Waals surface area contributed by atoms with Crippen LogP contribution in [0.4, 0.5) is 0 Å². The Labute approximate surface area is 185 Å². The van der Waals surface area contributed by atoms with Gasteiger partial charge >= 0.3 is 5.97 Å². The molecule has 0 saturated carbocycles. The van der Waals surface area contributed by atoms with Crippen LogP contribution in [0, 0.1) is 0 Å². The Hall–Kier alpha value is -3.03. The number of aliphatic hydroxyl groups is 2. The molecule has 1 aromatic carbocycles. The van der Waals surface area contributed by atoms with Gasteiger partial charge in [-0.05, 0) is 43.4 Å². The number of aliphatic hydroxyl groups excluding tert-OH is 1. The molecule has 2 aromatic heterocycles. The van der Waals surface area contributed by atoms with Crippen LogP contribution in [0.3, 0.4) is 0 Å². The van der Waals surface area contributed by atoms with E-state index in [1.54, 1.807) is 17.6 Å². The van der Waals surface area contributed by atoms with Crippen molar-refractivity contribution < 1.29 is 19.7 Å². The molecule has 5 rings (SSSR count). The number of carbonyl (C=O) groups excluding carboxylic acids is 1. The van der Waals surface area contributed by atoms with Crippen molar-refractivity contribution in [2.24, 2.45) is 0 Å². The largest absolute Gasteiger partial charge is 0.458 e. The number of rotatable bonds is 6. The minimum atomic E-state index is -1.82. The van der Waals surface area contributed by atoms with E-state index in [1.165, 1.54) is 5.56 Å². The zero-order valence-corrected chi connectivity index (χ0v) is 18.1. The highest BCUT2D eigenvalue weighted by molar-refractivity contribution is 5.89. The predicted molar refractivity (Wildman–Crippen MR) is 119 cm³/mol. The molecule has 0 amide bonds. The SMILES string of the molecule is CC[C@@]1(O)C(=O)OCc2c1cc1n(c2=O)Cc2c-1nc1ccccc1c2CCCCCO. The second-order valence-electron chi connectivity index (χ2n) is 8.57. The first kappa shape index (κ1) is 20.8. The van der Waals surface area contributed by atoms with Crippen molar-refractivity contribution in [2.75, 3.05) is 6.61 Å². The van der Waals surface area contributed by atoms with Gasteiger partial charge in [0.15, 0.2) is 5.60 Å².